The predicted molar refractivity (Wildman–Crippen MR) is 93.8 cm³/mol. The maximum atomic E-state index is 13.3. The van der Waals surface area contributed by atoms with Crippen molar-refractivity contribution in [3.8, 4) is 0 Å². The van der Waals surface area contributed by atoms with E-state index in [0.29, 0.717) is 17.3 Å². The van der Waals surface area contributed by atoms with E-state index < -0.39 is 0 Å². The van der Waals surface area contributed by atoms with Crippen molar-refractivity contribution >= 4 is 0 Å². The van der Waals surface area contributed by atoms with E-state index in [1.165, 1.54) is 43.2 Å². The minimum Gasteiger partial charge on any atom is -0.207 e. The summed E-state index contributed by atoms with van der Waals surface area (Å²) in [5.41, 5.74) is 3.07. The van der Waals surface area contributed by atoms with Gasteiger partial charge >= 0.3 is 0 Å². The first-order valence-electron chi connectivity index (χ1n) is 9.14. The summed E-state index contributed by atoms with van der Waals surface area (Å²) in [6.45, 7) is 0. The Hall–Kier alpha value is -1.70. The molecule has 0 heterocycles. The van der Waals surface area contributed by atoms with Gasteiger partial charge < -0.3 is 0 Å². The van der Waals surface area contributed by atoms with E-state index in [0.717, 1.165) is 12.8 Å². The van der Waals surface area contributed by atoms with Crippen LogP contribution in [0.3, 0.4) is 0 Å². The van der Waals surface area contributed by atoms with E-state index in [1.54, 1.807) is 24.3 Å². The topological polar surface area (TPSA) is 0 Å². The molecule has 0 N–H and O–H groups in total. The number of allylic oxidation sites excluding steroid dienone is 6. The molecule has 24 heavy (non-hydrogen) atoms. The van der Waals surface area contributed by atoms with E-state index in [4.69, 9.17) is 0 Å². The zero-order valence-corrected chi connectivity index (χ0v) is 14.0. The molecule has 0 saturated heterocycles. The fourth-order valence-electron chi connectivity index (χ4n) is 4.90. The third kappa shape index (κ3) is 3.11. The Morgan fingerprint density at radius 2 is 1.71 bits per heavy atom. The highest BCUT2D eigenvalue weighted by Crippen LogP contribution is 2.54. The largest absolute Gasteiger partial charge is 0.207 e. The van der Waals surface area contributed by atoms with Gasteiger partial charge in [-0.25, -0.2) is 8.78 Å². The van der Waals surface area contributed by atoms with Crippen LogP contribution in [0.2, 0.25) is 0 Å². The van der Waals surface area contributed by atoms with E-state index in [9.17, 15) is 8.78 Å². The van der Waals surface area contributed by atoms with Crippen molar-refractivity contribution in [2.45, 2.75) is 50.9 Å². The number of halogens is 2. The lowest BCUT2D eigenvalue weighted by molar-refractivity contribution is 0.236. The molecule has 1 fully saturated rings. The smallest absolute Gasteiger partial charge is 0.123 e. The molecule has 4 rings (SSSR count). The monoisotopic (exact) mass is 326 g/mol. The Morgan fingerprint density at radius 3 is 2.38 bits per heavy atom. The van der Waals surface area contributed by atoms with Crippen LogP contribution in [0.1, 0.15) is 56.4 Å². The summed E-state index contributed by atoms with van der Waals surface area (Å²) in [5, 5.41) is 0. The first-order valence-corrected chi connectivity index (χ1v) is 9.14. The van der Waals surface area contributed by atoms with Gasteiger partial charge in [0.25, 0.3) is 0 Å². The van der Waals surface area contributed by atoms with Gasteiger partial charge in [0.2, 0.25) is 0 Å². The fraction of sp³-hybridized carbons (Fsp3) is 0.455. The van der Waals surface area contributed by atoms with Crippen molar-refractivity contribution in [3.05, 3.63) is 71.4 Å². The molecule has 0 bridgehead atoms. The van der Waals surface area contributed by atoms with Gasteiger partial charge in [0.1, 0.15) is 11.6 Å². The van der Waals surface area contributed by atoms with Gasteiger partial charge in [-0.1, -0.05) is 42.7 Å². The lowest BCUT2D eigenvalue weighted by Crippen LogP contribution is -2.26. The number of hydrogen-bond acceptors (Lipinski definition) is 0. The molecule has 1 saturated carbocycles. The van der Waals surface area contributed by atoms with Gasteiger partial charge in [0, 0.05) is 11.8 Å². The second-order valence-electron chi connectivity index (χ2n) is 7.78. The first-order chi connectivity index (χ1) is 11.6. The summed E-state index contributed by atoms with van der Waals surface area (Å²) < 4.78 is 26.6. The second-order valence-corrected chi connectivity index (χ2v) is 7.78. The predicted octanol–water partition coefficient (Wildman–Crippen LogP) is 6.62. The molecule has 0 aliphatic heterocycles. The lowest BCUT2D eigenvalue weighted by atomic mass is 9.65. The first kappa shape index (κ1) is 15.8. The Balaban J connectivity index is 1.65. The molecule has 0 radical (unpaired) electrons. The Morgan fingerprint density at radius 1 is 0.958 bits per heavy atom. The molecule has 1 aromatic rings. The molecule has 0 aromatic heterocycles. The summed E-state index contributed by atoms with van der Waals surface area (Å²) in [7, 11) is 0. The average molecular weight is 326 g/mol. The molecular weight excluding hydrogens is 302 g/mol. The number of rotatable bonds is 2. The zero-order chi connectivity index (χ0) is 16.6. The van der Waals surface area contributed by atoms with Crippen LogP contribution in [0.15, 0.2) is 60.0 Å². The van der Waals surface area contributed by atoms with Crippen LogP contribution in [0.25, 0.3) is 0 Å². The molecule has 0 amide bonds. The minimum absolute atomic E-state index is 0.117. The van der Waals surface area contributed by atoms with Crippen molar-refractivity contribution in [1.82, 2.24) is 0 Å². The molecule has 2 unspecified atom stereocenters. The summed E-state index contributed by atoms with van der Waals surface area (Å²) in [6.07, 6.45) is 16.0. The fourth-order valence-corrected chi connectivity index (χ4v) is 4.90. The van der Waals surface area contributed by atoms with E-state index >= 15 is 0 Å². The van der Waals surface area contributed by atoms with Gasteiger partial charge in [-0.3, -0.25) is 0 Å². The van der Waals surface area contributed by atoms with Gasteiger partial charge in [-0.15, -0.1) is 0 Å². The highest BCUT2D eigenvalue weighted by molar-refractivity contribution is 5.34. The van der Waals surface area contributed by atoms with Crippen molar-refractivity contribution in [3.63, 3.8) is 0 Å². The molecule has 126 valence electrons. The SMILES string of the molecule is FC1=CCC(C2=CC(c3ccc(F)cc3)CC3(CCCC3)C2)C=C1. The van der Waals surface area contributed by atoms with Gasteiger partial charge in [0.05, 0.1) is 0 Å². The summed E-state index contributed by atoms with van der Waals surface area (Å²) in [5.74, 6) is 0.389. The van der Waals surface area contributed by atoms with E-state index in [1.807, 2.05) is 18.2 Å². The maximum Gasteiger partial charge on any atom is 0.123 e. The summed E-state index contributed by atoms with van der Waals surface area (Å²) >= 11 is 0. The highest BCUT2D eigenvalue weighted by Gasteiger charge is 2.40. The Bertz CT molecular complexity index is 687. The average Bonchev–Trinajstić information content (AvgIpc) is 3.03. The molecule has 1 aromatic carbocycles. The third-order valence-corrected chi connectivity index (χ3v) is 6.14. The second kappa shape index (κ2) is 6.31. The maximum absolute atomic E-state index is 13.3. The lowest BCUT2D eigenvalue weighted by Gasteiger charge is -2.40. The number of hydrogen-bond donors (Lipinski definition) is 0. The standard InChI is InChI=1S/C22H24F2/c23-20-7-3-16(4-8-20)18-13-19(17-5-9-21(24)10-6-17)15-22(14-18)11-1-2-12-22/h3-5,7-10,13,17-18H,1-2,6,11-12,14-15H2. The van der Waals surface area contributed by atoms with Crippen molar-refractivity contribution < 1.29 is 8.78 Å². The Labute approximate surface area is 143 Å². The van der Waals surface area contributed by atoms with Crippen LogP contribution in [0.4, 0.5) is 8.78 Å². The Kier molecular flexibility index (Phi) is 4.15. The minimum atomic E-state index is -0.176. The quantitative estimate of drug-likeness (QED) is 0.536. The summed E-state index contributed by atoms with van der Waals surface area (Å²) in [6, 6.07) is 6.99. The van der Waals surface area contributed by atoms with Gasteiger partial charge in [-0.05, 0) is 67.4 Å². The van der Waals surface area contributed by atoms with Crippen LogP contribution in [0.5, 0.6) is 0 Å². The van der Waals surface area contributed by atoms with Crippen LogP contribution in [0, 0.1) is 17.2 Å². The molecule has 3 aliphatic rings. The van der Waals surface area contributed by atoms with Crippen molar-refractivity contribution in [2.75, 3.05) is 0 Å². The zero-order valence-electron chi connectivity index (χ0n) is 14.0. The molecule has 3 aliphatic carbocycles. The molecular formula is C22H24F2. The van der Waals surface area contributed by atoms with Gasteiger partial charge in [0.15, 0.2) is 0 Å². The molecule has 1 spiro atoms. The normalized spacial score (nSPS) is 28.8. The van der Waals surface area contributed by atoms with Crippen molar-refractivity contribution in [1.29, 1.82) is 0 Å². The van der Waals surface area contributed by atoms with E-state index in [-0.39, 0.29) is 11.6 Å². The molecule has 2 atom stereocenters. The number of benzene rings is 1. The summed E-state index contributed by atoms with van der Waals surface area (Å²) in [4.78, 5) is 0. The third-order valence-electron chi connectivity index (χ3n) is 6.14. The van der Waals surface area contributed by atoms with Gasteiger partial charge in [-0.2, -0.15) is 0 Å². The van der Waals surface area contributed by atoms with Crippen LogP contribution in [-0.4, -0.2) is 0 Å². The van der Waals surface area contributed by atoms with Crippen LogP contribution < -0.4 is 0 Å². The highest BCUT2D eigenvalue weighted by atomic mass is 19.1. The van der Waals surface area contributed by atoms with Crippen molar-refractivity contribution in [2.24, 2.45) is 11.3 Å². The molecule has 0 nitrogen and oxygen atoms in total. The molecule has 2 heteroatoms. The van der Waals surface area contributed by atoms with E-state index in [2.05, 4.69) is 6.08 Å². The van der Waals surface area contributed by atoms with Crippen LogP contribution >= 0.6 is 0 Å². The van der Waals surface area contributed by atoms with Crippen LogP contribution in [-0.2, 0) is 0 Å².